The molecule has 0 aromatic rings. The van der Waals surface area contributed by atoms with E-state index >= 15 is 0 Å². The van der Waals surface area contributed by atoms with Gasteiger partial charge in [0.05, 0.1) is 0 Å². The topological polar surface area (TPSA) is 18.5 Å². The number of halogens is 3. The fourth-order valence-electron chi connectivity index (χ4n) is 0.861. The fourth-order valence-corrected chi connectivity index (χ4v) is 2.58. The van der Waals surface area contributed by atoms with Gasteiger partial charge in [0.1, 0.15) is 0 Å². The van der Waals surface area contributed by atoms with E-state index in [0.29, 0.717) is 0 Å². The summed E-state index contributed by atoms with van der Waals surface area (Å²) in [7, 11) is -0.332. The van der Waals surface area contributed by atoms with E-state index < -0.39 is 27.2 Å². The van der Waals surface area contributed by atoms with Gasteiger partial charge in [-0.15, -0.1) is 6.58 Å². The molecule has 0 N–H and O–H groups in total. The molecule has 0 saturated heterocycles. The average molecular weight is 214 g/mol. The maximum Gasteiger partial charge on any atom is 0.367 e. The molecule has 0 saturated carbocycles. The zero-order chi connectivity index (χ0) is 10.5. The Morgan fingerprint density at radius 1 is 1.31 bits per heavy atom. The van der Waals surface area contributed by atoms with Crippen molar-refractivity contribution in [2.45, 2.75) is 18.6 Å². The summed E-state index contributed by atoms with van der Waals surface area (Å²) >= 11 is 0. The molecular weight excluding hydrogens is 201 g/mol. The van der Waals surface area contributed by atoms with Crippen LogP contribution in [0.3, 0.4) is 0 Å². The second-order valence-electron chi connectivity index (χ2n) is 2.48. The van der Waals surface area contributed by atoms with Crippen molar-refractivity contribution in [2.24, 2.45) is 0 Å². The maximum atomic E-state index is 12.7. The first-order chi connectivity index (χ1) is 6.01. The molecule has 0 aliphatic heterocycles. The molecule has 0 aliphatic rings. The summed E-state index contributed by atoms with van der Waals surface area (Å²) in [6.07, 6.45) is -5.22. The van der Waals surface area contributed by atoms with Gasteiger partial charge in [0.25, 0.3) is 6.43 Å². The van der Waals surface area contributed by atoms with Gasteiger partial charge in [-0.05, 0) is 5.70 Å². The van der Waals surface area contributed by atoms with Gasteiger partial charge in [-0.2, -0.15) is 0 Å². The van der Waals surface area contributed by atoms with Crippen LogP contribution in [0.4, 0.5) is 13.2 Å². The monoisotopic (exact) mass is 214 g/mol. The molecule has 0 spiro atoms. The highest BCUT2D eigenvalue weighted by atomic mass is 28.4. The molecule has 0 aromatic carbocycles. The molecule has 0 heterocycles. The van der Waals surface area contributed by atoms with Crippen LogP contribution in [0, 0.1) is 0 Å². The molecular formula is C7H13F3O2Si. The Labute approximate surface area is 76.6 Å². The largest absolute Gasteiger partial charge is 0.395 e. The van der Waals surface area contributed by atoms with Crippen LogP contribution in [0.2, 0.25) is 6.04 Å². The lowest BCUT2D eigenvalue weighted by Crippen LogP contribution is -2.41. The predicted octanol–water partition coefficient (Wildman–Crippen LogP) is 2.05. The lowest BCUT2D eigenvalue weighted by atomic mass is 10.5. The SMILES string of the molecule is C=C[Si](CC(F)C(F)F)(OC)OC. The molecule has 0 rings (SSSR count). The molecule has 78 valence electrons. The van der Waals surface area contributed by atoms with Crippen molar-refractivity contribution in [3.8, 4) is 0 Å². The summed E-state index contributed by atoms with van der Waals surface area (Å²) in [4.78, 5) is 0. The second-order valence-corrected chi connectivity index (χ2v) is 5.74. The molecule has 0 fully saturated rings. The molecule has 13 heavy (non-hydrogen) atoms. The molecule has 0 radical (unpaired) electrons. The van der Waals surface area contributed by atoms with Gasteiger partial charge >= 0.3 is 8.56 Å². The van der Waals surface area contributed by atoms with E-state index in [4.69, 9.17) is 8.85 Å². The molecule has 2 nitrogen and oxygen atoms in total. The van der Waals surface area contributed by atoms with Crippen LogP contribution in [0.1, 0.15) is 0 Å². The number of hydrogen-bond donors (Lipinski definition) is 0. The molecule has 0 aliphatic carbocycles. The lowest BCUT2D eigenvalue weighted by Gasteiger charge is -2.24. The van der Waals surface area contributed by atoms with E-state index in [1.165, 1.54) is 19.9 Å². The van der Waals surface area contributed by atoms with Crippen LogP contribution in [-0.2, 0) is 8.85 Å². The fraction of sp³-hybridized carbons (Fsp3) is 0.714. The minimum absolute atomic E-state index is 0.429. The van der Waals surface area contributed by atoms with E-state index in [1.807, 2.05) is 0 Å². The highest BCUT2D eigenvalue weighted by molar-refractivity contribution is 6.72. The molecule has 0 aromatic heterocycles. The molecule has 6 heteroatoms. The quantitative estimate of drug-likeness (QED) is 0.630. The van der Waals surface area contributed by atoms with Gasteiger partial charge in [0, 0.05) is 20.3 Å². The van der Waals surface area contributed by atoms with Crippen molar-refractivity contribution in [1.82, 2.24) is 0 Å². The number of alkyl halides is 3. The van der Waals surface area contributed by atoms with Crippen molar-refractivity contribution in [3.05, 3.63) is 12.3 Å². The lowest BCUT2D eigenvalue weighted by molar-refractivity contribution is 0.0540. The average Bonchev–Trinajstić information content (AvgIpc) is 2.14. The Morgan fingerprint density at radius 3 is 2.00 bits per heavy atom. The van der Waals surface area contributed by atoms with E-state index in [0.717, 1.165) is 0 Å². The highest BCUT2D eigenvalue weighted by Crippen LogP contribution is 2.21. The van der Waals surface area contributed by atoms with Crippen molar-refractivity contribution in [1.29, 1.82) is 0 Å². The minimum Gasteiger partial charge on any atom is -0.395 e. The van der Waals surface area contributed by atoms with E-state index in [1.54, 1.807) is 0 Å². The summed E-state index contributed by atoms with van der Waals surface area (Å²) in [5.41, 5.74) is 1.29. The van der Waals surface area contributed by atoms with Crippen LogP contribution >= 0.6 is 0 Å². The molecule has 1 atom stereocenters. The first-order valence-corrected chi connectivity index (χ1v) is 5.77. The first-order valence-electron chi connectivity index (χ1n) is 3.67. The van der Waals surface area contributed by atoms with Crippen LogP contribution in [-0.4, -0.2) is 35.4 Å². The minimum atomic E-state index is -3.00. The first kappa shape index (κ1) is 12.7. The van der Waals surface area contributed by atoms with Crippen LogP contribution < -0.4 is 0 Å². The van der Waals surface area contributed by atoms with Gasteiger partial charge < -0.3 is 8.85 Å². The van der Waals surface area contributed by atoms with Crippen molar-refractivity contribution < 1.29 is 22.0 Å². The van der Waals surface area contributed by atoms with Crippen LogP contribution in [0.5, 0.6) is 0 Å². The zero-order valence-electron chi connectivity index (χ0n) is 7.60. The second kappa shape index (κ2) is 5.41. The Morgan fingerprint density at radius 2 is 1.77 bits per heavy atom. The Hall–Kier alpha value is -0.333. The van der Waals surface area contributed by atoms with Crippen LogP contribution in [0.15, 0.2) is 12.3 Å². The van der Waals surface area contributed by atoms with Gasteiger partial charge in [-0.25, -0.2) is 13.2 Å². The number of hydrogen-bond acceptors (Lipinski definition) is 2. The summed E-state index contributed by atoms with van der Waals surface area (Å²) in [6, 6.07) is -0.429. The van der Waals surface area contributed by atoms with Crippen molar-refractivity contribution >= 4 is 8.56 Å². The summed E-state index contributed by atoms with van der Waals surface area (Å²) in [5, 5.41) is 0. The Kier molecular flexibility index (Phi) is 5.27. The smallest absolute Gasteiger partial charge is 0.367 e. The Balaban J connectivity index is 4.32. The van der Waals surface area contributed by atoms with Crippen molar-refractivity contribution in [3.63, 3.8) is 0 Å². The van der Waals surface area contributed by atoms with E-state index in [-0.39, 0.29) is 0 Å². The Bertz CT molecular complexity index is 162. The van der Waals surface area contributed by atoms with Gasteiger partial charge in [-0.1, -0.05) is 0 Å². The van der Waals surface area contributed by atoms with E-state index in [2.05, 4.69) is 6.58 Å². The third-order valence-corrected chi connectivity index (χ3v) is 4.72. The maximum absolute atomic E-state index is 12.7. The predicted molar refractivity (Wildman–Crippen MR) is 45.7 cm³/mol. The third-order valence-electron chi connectivity index (χ3n) is 1.75. The molecule has 0 amide bonds. The van der Waals surface area contributed by atoms with E-state index in [9.17, 15) is 13.2 Å². The van der Waals surface area contributed by atoms with Gasteiger partial charge in [0.15, 0.2) is 6.17 Å². The zero-order valence-corrected chi connectivity index (χ0v) is 8.60. The summed E-state index contributed by atoms with van der Waals surface area (Å²) in [5.74, 6) is 0. The highest BCUT2D eigenvalue weighted by Gasteiger charge is 2.38. The number of rotatable bonds is 6. The standard InChI is InChI=1S/C7H13F3O2Si/c1-4-13(11-2,12-3)5-6(8)7(9)10/h4,6-7H,1,5H2,2-3H3. The summed E-state index contributed by atoms with van der Waals surface area (Å²) < 4.78 is 46.2. The third kappa shape index (κ3) is 3.49. The normalized spacial score (nSPS) is 14.6. The molecule has 0 bridgehead atoms. The van der Waals surface area contributed by atoms with Crippen molar-refractivity contribution in [2.75, 3.05) is 14.2 Å². The van der Waals surface area contributed by atoms with Gasteiger partial charge in [0.2, 0.25) is 0 Å². The molecule has 1 unspecified atom stereocenters. The summed E-state index contributed by atoms with van der Waals surface area (Å²) in [6.45, 7) is 3.39. The van der Waals surface area contributed by atoms with Gasteiger partial charge in [-0.3, -0.25) is 0 Å². The van der Waals surface area contributed by atoms with Crippen LogP contribution in [0.25, 0.3) is 0 Å².